The third-order valence-electron chi connectivity index (χ3n) is 7.55. The number of aryl methyl sites for hydroxylation is 2. The van der Waals surface area contributed by atoms with Crippen LogP contribution in [0.15, 0.2) is 66.9 Å². The summed E-state index contributed by atoms with van der Waals surface area (Å²) in [6.07, 6.45) is 1.96. The first-order valence-corrected chi connectivity index (χ1v) is 11.5. The van der Waals surface area contributed by atoms with Gasteiger partial charge in [-0.15, -0.1) is 23.6 Å². The van der Waals surface area contributed by atoms with Crippen LogP contribution in [0.2, 0.25) is 0 Å². The largest absolute Gasteiger partial charge is 0.294 e. The van der Waals surface area contributed by atoms with Crippen LogP contribution in [0.1, 0.15) is 36.4 Å². The number of fused-ring (bicyclic) bond motifs is 7. The number of aromatic nitrogens is 2. The topological polar surface area (TPSA) is 25.8 Å². The van der Waals surface area contributed by atoms with Crippen LogP contribution in [0.3, 0.4) is 0 Å². The molecule has 0 saturated carbocycles. The normalized spacial score (nSPS) is 13.9. The second-order valence-electron chi connectivity index (χ2n) is 9.88. The first kappa shape index (κ1) is 21.4. The van der Waals surface area contributed by atoms with Crippen LogP contribution in [0.4, 0.5) is 0 Å². The Balaban J connectivity index is 0.00000217. The maximum Gasteiger partial charge on any atom is 0.0454 e. The molecule has 2 nitrogen and oxygen atoms in total. The van der Waals surface area contributed by atoms with Crippen molar-refractivity contribution in [2.24, 2.45) is 0 Å². The number of nitrogens with zero attached hydrogens (tertiary/aromatic N) is 2. The summed E-state index contributed by atoms with van der Waals surface area (Å²) in [7, 11) is 0. The minimum atomic E-state index is -0.169. The van der Waals surface area contributed by atoms with Gasteiger partial charge in [0.05, 0.1) is 0 Å². The molecular weight excluding hydrogens is 593 g/mol. The van der Waals surface area contributed by atoms with E-state index in [-0.39, 0.29) is 25.5 Å². The molecule has 167 valence electrons. The predicted molar refractivity (Wildman–Crippen MR) is 138 cm³/mol. The molecule has 0 bridgehead atoms. The zero-order valence-electron chi connectivity index (χ0n) is 19.6. The Bertz CT molecular complexity index is 1810. The van der Waals surface area contributed by atoms with Crippen LogP contribution in [-0.2, 0) is 25.5 Å². The maximum atomic E-state index is 4.91. The van der Waals surface area contributed by atoms with E-state index < -0.39 is 0 Å². The molecule has 0 N–H and O–H groups in total. The van der Waals surface area contributed by atoms with Crippen molar-refractivity contribution in [2.45, 2.75) is 33.1 Å². The van der Waals surface area contributed by atoms with Crippen molar-refractivity contribution in [2.75, 3.05) is 0 Å². The first-order valence-electron chi connectivity index (χ1n) is 11.5. The molecule has 2 aromatic heterocycles. The summed E-state index contributed by atoms with van der Waals surface area (Å²) in [4.78, 5) is 9.62. The molecule has 6 aromatic rings. The molecule has 0 spiro atoms. The van der Waals surface area contributed by atoms with Crippen LogP contribution in [-0.4, -0.2) is 9.97 Å². The van der Waals surface area contributed by atoms with E-state index in [0.29, 0.717) is 0 Å². The Kier molecular flexibility index (Phi) is 4.52. The quantitative estimate of drug-likeness (QED) is 0.129. The second-order valence-corrected chi connectivity index (χ2v) is 9.88. The molecule has 1 radical (unpaired) electrons. The molecule has 1 aliphatic carbocycles. The summed E-state index contributed by atoms with van der Waals surface area (Å²) >= 11 is 0. The van der Waals surface area contributed by atoms with E-state index in [1.807, 2.05) is 6.20 Å². The number of hydrogen-bond donors (Lipinski definition) is 0. The summed E-state index contributed by atoms with van der Waals surface area (Å²) in [6.45, 7) is 8.87. The fraction of sp³-hybridized carbons (Fsp3) is 0.161. The molecule has 3 heteroatoms. The van der Waals surface area contributed by atoms with Gasteiger partial charge in [-0.3, -0.25) is 9.97 Å². The molecule has 0 unspecified atom stereocenters. The molecule has 0 fully saturated rings. The van der Waals surface area contributed by atoms with Gasteiger partial charge >= 0.3 is 0 Å². The first-order chi connectivity index (χ1) is 15.9. The molecule has 0 atom stereocenters. The summed E-state index contributed by atoms with van der Waals surface area (Å²) < 4.78 is 0. The van der Waals surface area contributed by atoms with E-state index >= 15 is 0 Å². The Labute approximate surface area is 212 Å². The number of rotatable bonds is 0. The molecule has 4 aromatic carbocycles. The van der Waals surface area contributed by atoms with E-state index in [9.17, 15) is 0 Å². The number of benzene rings is 4. The summed E-state index contributed by atoms with van der Waals surface area (Å²) in [5.41, 5.74) is 6.78. The van der Waals surface area contributed by atoms with Crippen LogP contribution in [0.5, 0.6) is 0 Å². The van der Waals surface area contributed by atoms with Crippen LogP contribution < -0.4 is 0 Å². The monoisotopic (exact) mass is 616 g/mol. The average Bonchev–Trinajstić information content (AvgIpc) is 2.81. The van der Waals surface area contributed by atoms with E-state index in [4.69, 9.17) is 9.97 Å². The van der Waals surface area contributed by atoms with Gasteiger partial charge in [0.15, 0.2) is 0 Å². The molecule has 0 amide bonds. The molecule has 2 heterocycles. The van der Waals surface area contributed by atoms with Gasteiger partial charge in [0.25, 0.3) is 0 Å². The van der Waals surface area contributed by atoms with Crippen molar-refractivity contribution in [3.8, 4) is 11.3 Å². The van der Waals surface area contributed by atoms with E-state index in [0.717, 1.165) is 28.0 Å². The standard InChI is InChI=1S/C31H23N2.Ir/c1-17-13-24-21(18(2)33-17)9-10-22-23-11-12-32-30-26-14-19-7-5-6-8-20(19)15-27(26)31(3,4)28(29(23)30)16-25(22)24;/h5-13,15-16H,1-4H3;/q-1;. The van der Waals surface area contributed by atoms with Gasteiger partial charge in [-0.25, -0.2) is 0 Å². The molecule has 7 rings (SSSR count). The molecule has 34 heavy (non-hydrogen) atoms. The van der Waals surface area contributed by atoms with Gasteiger partial charge < -0.3 is 0 Å². The third kappa shape index (κ3) is 2.72. The predicted octanol–water partition coefficient (Wildman–Crippen LogP) is 7.81. The molecule has 1 aliphatic rings. The molecule has 0 aliphatic heterocycles. The maximum absolute atomic E-state index is 4.91. The van der Waals surface area contributed by atoms with Gasteiger partial charge in [-0.05, 0) is 63.9 Å². The Hall–Kier alpha value is -3.13. The number of pyridine rings is 2. The molecular formula is C31H23IrN2-. The minimum absolute atomic E-state index is 0. The van der Waals surface area contributed by atoms with Crippen molar-refractivity contribution in [3.63, 3.8) is 0 Å². The Morgan fingerprint density at radius 1 is 0.765 bits per heavy atom. The fourth-order valence-corrected chi connectivity index (χ4v) is 5.91. The van der Waals surface area contributed by atoms with Gasteiger partial charge in [0.2, 0.25) is 0 Å². The van der Waals surface area contributed by atoms with Crippen molar-refractivity contribution in [1.29, 1.82) is 0 Å². The Morgan fingerprint density at radius 3 is 2.38 bits per heavy atom. The summed E-state index contributed by atoms with van der Waals surface area (Å²) in [6, 6.07) is 25.9. The van der Waals surface area contributed by atoms with E-state index in [2.05, 4.69) is 94.4 Å². The molecule has 0 saturated heterocycles. The third-order valence-corrected chi connectivity index (χ3v) is 7.55. The Morgan fingerprint density at radius 2 is 1.53 bits per heavy atom. The van der Waals surface area contributed by atoms with Gasteiger partial charge in [-0.1, -0.05) is 66.8 Å². The van der Waals surface area contributed by atoms with E-state index in [1.54, 1.807) is 0 Å². The van der Waals surface area contributed by atoms with Gasteiger partial charge in [0.1, 0.15) is 0 Å². The van der Waals surface area contributed by atoms with Crippen molar-refractivity contribution in [1.82, 2.24) is 9.97 Å². The SMILES string of the molecule is Cc1cc2c(ccc3c4ccnc5c4c(cc23)C(C)(C)c2cc3ccccc3[c-]c2-5)c(C)n1.[Ir]. The summed E-state index contributed by atoms with van der Waals surface area (Å²) in [5.74, 6) is 0. The van der Waals surface area contributed by atoms with Crippen LogP contribution >= 0.6 is 0 Å². The van der Waals surface area contributed by atoms with Crippen molar-refractivity contribution >= 4 is 43.1 Å². The average molecular weight is 616 g/mol. The van der Waals surface area contributed by atoms with Gasteiger partial charge in [-0.2, -0.15) is 0 Å². The van der Waals surface area contributed by atoms with E-state index in [1.165, 1.54) is 48.8 Å². The zero-order valence-corrected chi connectivity index (χ0v) is 22.0. The smallest absolute Gasteiger partial charge is 0.0454 e. The minimum Gasteiger partial charge on any atom is -0.294 e. The second kappa shape index (κ2) is 7.18. The van der Waals surface area contributed by atoms with Crippen LogP contribution in [0.25, 0.3) is 54.3 Å². The van der Waals surface area contributed by atoms with Crippen LogP contribution in [0, 0.1) is 19.9 Å². The van der Waals surface area contributed by atoms with Gasteiger partial charge in [0, 0.05) is 48.8 Å². The zero-order chi connectivity index (χ0) is 22.5. The fourth-order valence-electron chi connectivity index (χ4n) is 5.91. The number of hydrogen-bond acceptors (Lipinski definition) is 2. The van der Waals surface area contributed by atoms with Crippen molar-refractivity contribution < 1.29 is 20.1 Å². The summed E-state index contributed by atoms with van der Waals surface area (Å²) in [5, 5.41) is 9.96. The van der Waals surface area contributed by atoms with Crippen molar-refractivity contribution in [3.05, 3.63) is 95.4 Å².